The number of anilines is 1. The van der Waals surface area contributed by atoms with Crippen molar-refractivity contribution in [1.82, 2.24) is 4.90 Å². The van der Waals surface area contributed by atoms with E-state index in [-0.39, 0.29) is 29.7 Å². The van der Waals surface area contributed by atoms with Crippen molar-refractivity contribution in [3.8, 4) is 5.75 Å². The molecule has 7 nitrogen and oxygen atoms in total. The monoisotopic (exact) mass is 480 g/mol. The van der Waals surface area contributed by atoms with Crippen LogP contribution in [0.3, 0.4) is 0 Å². The summed E-state index contributed by atoms with van der Waals surface area (Å²) in [5.41, 5.74) is -0.473. The van der Waals surface area contributed by atoms with Crippen LogP contribution in [0.4, 0.5) is 14.9 Å². The number of unbranched alkanes of at least 4 members (excludes halogenated alkanes) is 1. The van der Waals surface area contributed by atoms with Gasteiger partial charge in [-0.15, -0.1) is 0 Å². The molecule has 2 atom stereocenters. The molecule has 1 N–H and O–H groups in total. The highest BCUT2D eigenvalue weighted by atomic mass is 19.1. The van der Waals surface area contributed by atoms with E-state index in [9.17, 15) is 14.0 Å². The van der Waals surface area contributed by atoms with E-state index < -0.39 is 11.2 Å². The Bertz CT molecular complexity index is 831. The van der Waals surface area contributed by atoms with Crippen LogP contribution in [0.25, 0.3) is 0 Å². The fraction of sp³-hybridized carbons (Fsp3) is 0.692. The Balaban J connectivity index is 1.93. The highest BCUT2D eigenvalue weighted by Gasteiger charge is 2.38. The Labute approximate surface area is 203 Å². The number of hydrogen-bond donors (Lipinski definition) is 1. The number of rotatable bonds is 9. The SMILES string of the molecule is COc1cc(F)cc(NCCCC[C@H](C(=O)OC(C)(C)C)[C@H]2CCN(C(=O)OC(C)(C)C)C2)c1. The van der Waals surface area contributed by atoms with Crippen molar-refractivity contribution in [1.29, 1.82) is 0 Å². The number of carbonyl (C=O) groups is 2. The third-order valence-electron chi connectivity index (χ3n) is 5.53. The molecule has 8 heteroatoms. The number of carbonyl (C=O) groups excluding carboxylic acids is 2. The molecule has 0 unspecified atom stereocenters. The van der Waals surface area contributed by atoms with Crippen LogP contribution >= 0.6 is 0 Å². The fourth-order valence-electron chi connectivity index (χ4n) is 4.04. The van der Waals surface area contributed by atoms with Gasteiger partial charge in [-0.05, 0) is 72.8 Å². The van der Waals surface area contributed by atoms with Crippen LogP contribution in [0.1, 0.15) is 67.2 Å². The number of esters is 1. The molecule has 0 aliphatic carbocycles. The van der Waals surface area contributed by atoms with Crippen molar-refractivity contribution in [2.45, 2.75) is 78.4 Å². The van der Waals surface area contributed by atoms with Crippen LogP contribution in [-0.2, 0) is 14.3 Å². The number of hydrogen-bond acceptors (Lipinski definition) is 6. The normalized spacial score (nSPS) is 17.3. The number of amides is 1. The van der Waals surface area contributed by atoms with E-state index in [0.29, 0.717) is 37.5 Å². The molecular weight excluding hydrogens is 439 g/mol. The lowest BCUT2D eigenvalue weighted by atomic mass is 9.87. The maximum atomic E-state index is 13.7. The molecular formula is C26H41FN2O5. The maximum Gasteiger partial charge on any atom is 0.410 e. The van der Waals surface area contributed by atoms with Gasteiger partial charge in [0.25, 0.3) is 0 Å². The molecule has 192 valence electrons. The van der Waals surface area contributed by atoms with E-state index in [2.05, 4.69) is 5.32 Å². The molecule has 1 aliphatic rings. The summed E-state index contributed by atoms with van der Waals surface area (Å²) in [5, 5.41) is 3.21. The second-order valence-corrected chi connectivity index (χ2v) is 10.9. The number of nitrogens with one attached hydrogen (secondary N) is 1. The van der Waals surface area contributed by atoms with Gasteiger partial charge in [-0.3, -0.25) is 4.79 Å². The fourth-order valence-corrected chi connectivity index (χ4v) is 4.04. The zero-order valence-electron chi connectivity index (χ0n) is 21.7. The van der Waals surface area contributed by atoms with Crippen molar-refractivity contribution >= 4 is 17.7 Å². The first-order chi connectivity index (χ1) is 15.8. The molecule has 1 saturated heterocycles. The number of methoxy groups -OCH3 is 1. The van der Waals surface area contributed by atoms with Gasteiger partial charge in [0.05, 0.1) is 13.0 Å². The molecule has 34 heavy (non-hydrogen) atoms. The molecule has 0 radical (unpaired) electrons. The van der Waals surface area contributed by atoms with E-state index in [0.717, 1.165) is 19.3 Å². The zero-order chi connectivity index (χ0) is 25.5. The van der Waals surface area contributed by atoms with Gasteiger partial charge in [-0.2, -0.15) is 0 Å². The van der Waals surface area contributed by atoms with Crippen LogP contribution in [0.2, 0.25) is 0 Å². The number of nitrogens with zero attached hydrogens (tertiary/aromatic N) is 1. The highest BCUT2D eigenvalue weighted by Crippen LogP contribution is 2.31. The van der Waals surface area contributed by atoms with Crippen molar-refractivity contribution in [2.75, 3.05) is 32.1 Å². The number of benzene rings is 1. The zero-order valence-corrected chi connectivity index (χ0v) is 21.7. The number of halogens is 1. The molecule has 1 aromatic rings. The quantitative estimate of drug-likeness (QED) is 0.365. The lowest BCUT2D eigenvalue weighted by Crippen LogP contribution is -2.37. The lowest BCUT2D eigenvalue weighted by Gasteiger charge is -2.28. The second kappa shape index (κ2) is 11.8. The molecule has 1 heterocycles. The predicted molar refractivity (Wildman–Crippen MR) is 131 cm³/mol. The first-order valence-corrected chi connectivity index (χ1v) is 12.1. The van der Waals surface area contributed by atoms with E-state index in [4.69, 9.17) is 14.2 Å². The minimum Gasteiger partial charge on any atom is -0.497 e. The highest BCUT2D eigenvalue weighted by molar-refractivity contribution is 5.74. The van der Waals surface area contributed by atoms with Gasteiger partial charge in [0.1, 0.15) is 22.8 Å². The topological polar surface area (TPSA) is 77.1 Å². The molecule has 0 spiro atoms. The van der Waals surface area contributed by atoms with Crippen LogP contribution in [0.5, 0.6) is 5.75 Å². The van der Waals surface area contributed by atoms with Gasteiger partial charge < -0.3 is 24.4 Å². The third-order valence-corrected chi connectivity index (χ3v) is 5.53. The standard InChI is InChI=1S/C26H41FN2O5/c1-25(2,3)33-23(30)22(18-11-13-29(17-18)24(31)34-26(4,5)6)10-8-9-12-28-20-14-19(27)15-21(16-20)32-7/h14-16,18,22,28H,8-13,17H2,1-7H3/t18-,22-/m0/s1. The summed E-state index contributed by atoms with van der Waals surface area (Å²) in [6.45, 7) is 12.8. The van der Waals surface area contributed by atoms with E-state index in [1.165, 1.54) is 19.2 Å². The Hall–Kier alpha value is -2.51. The van der Waals surface area contributed by atoms with Crippen LogP contribution in [0.15, 0.2) is 18.2 Å². The number of likely N-dealkylation sites (tertiary alicyclic amines) is 1. The molecule has 0 bridgehead atoms. The van der Waals surface area contributed by atoms with Gasteiger partial charge in [0.15, 0.2) is 0 Å². The van der Waals surface area contributed by atoms with E-state index in [1.807, 2.05) is 41.5 Å². The number of ether oxygens (including phenoxy) is 3. The molecule has 2 rings (SSSR count). The average Bonchev–Trinajstić information content (AvgIpc) is 3.17. The molecule has 0 saturated carbocycles. The summed E-state index contributed by atoms with van der Waals surface area (Å²) in [6, 6.07) is 4.50. The summed E-state index contributed by atoms with van der Waals surface area (Å²) < 4.78 is 30.0. The van der Waals surface area contributed by atoms with Gasteiger partial charge in [0.2, 0.25) is 0 Å². The van der Waals surface area contributed by atoms with Gasteiger partial charge in [-0.1, -0.05) is 6.42 Å². The van der Waals surface area contributed by atoms with Crippen molar-refractivity contribution in [3.63, 3.8) is 0 Å². The first-order valence-electron chi connectivity index (χ1n) is 12.1. The Morgan fingerprint density at radius 3 is 2.38 bits per heavy atom. The van der Waals surface area contributed by atoms with E-state index >= 15 is 0 Å². The smallest absolute Gasteiger partial charge is 0.410 e. The summed E-state index contributed by atoms with van der Waals surface area (Å²) in [6.07, 6.45) is 2.67. The van der Waals surface area contributed by atoms with Crippen LogP contribution < -0.4 is 10.1 Å². The average molecular weight is 481 g/mol. The first kappa shape index (κ1) is 27.7. The molecule has 0 aromatic heterocycles. The summed E-state index contributed by atoms with van der Waals surface area (Å²) in [4.78, 5) is 27.2. The van der Waals surface area contributed by atoms with Crippen molar-refractivity contribution in [2.24, 2.45) is 11.8 Å². The van der Waals surface area contributed by atoms with Crippen LogP contribution in [-0.4, -0.2) is 54.9 Å². The van der Waals surface area contributed by atoms with Gasteiger partial charge in [-0.25, -0.2) is 9.18 Å². The molecule has 1 amide bonds. The summed E-state index contributed by atoms with van der Waals surface area (Å²) >= 11 is 0. The Morgan fingerprint density at radius 1 is 1.09 bits per heavy atom. The van der Waals surface area contributed by atoms with Gasteiger partial charge >= 0.3 is 12.1 Å². The summed E-state index contributed by atoms with van der Waals surface area (Å²) in [5.74, 6) is -0.374. The molecule has 1 aromatic carbocycles. The van der Waals surface area contributed by atoms with E-state index in [1.54, 1.807) is 11.0 Å². The maximum absolute atomic E-state index is 13.7. The van der Waals surface area contributed by atoms with Crippen molar-refractivity contribution in [3.05, 3.63) is 24.0 Å². The minimum atomic E-state index is -0.573. The second-order valence-electron chi connectivity index (χ2n) is 10.9. The van der Waals surface area contributed by atoms with Gasteiger partial charge in [0, 0.05) is 37.5 Å². The third kappa shape index (κ3) is 9.39. The van der Waals surface area contributed by atoms with Crippen molar-refractivity contribution < 1.29 is 28.2 Å². The summed E-state index contributed by atoms with van der Waals surface area (Å²) in [7, 11) is 1.50. The molecule has 1 fully saturated rings. The Morgan fingerprint density at radius 2 is 1.76 bits per heavy atom. The predicted octanol–water partition coefficient (Wildman–Crippen LogP) is 5.63. The largest absolute Gasteiger partial charge is 0.497 e. The Kier molecular flexibility index (Phi) is 9.59. The lowest BCUT2D eigenvalue weighted by molar-refractivity contribution is -0.162. The van der Waals surface area contributed by atoms with Crippen LogP contribution in [0, 0.1) is 17.7 Å². The minimum absolute atomic E-state index is 0.0304. The molecule has 1 aliphatic heterocycles.